The number of carbonyl (C=O) groups excluding carboxylic acids is 2. The largest absolute Gasteiger partial charge is 0.490 e. The van der Waals surface area contributed by atoms with Gasteiger partial charge in [0.2, 0.25) is 0 Å². The van der Waals surface area contributed by atoms with Gasteiger partial charge in [0.05, 0.1) is 23.7 Å². The minimum atomic E-state index is -0.405. The van der Waals surface area contributed by atoms with E-state index in [1.807, 2.05) is 52.9 Å². The van der Waals surface area contributed by atoms with E-state index in [0.29, 0.717) is 16.9 Å². The Kier molecular flexibility index (Phi) is 13.0. The number of rotatable bonds is 8. The van der Waals surface area contributed by atoms with Crippen LogP contribution in [-0.4, -0.2) is 32.9 Å². The minimum absolute atomic E-state index is 0.210. The van der Waals surface area contributed by atoms with Crippen molar-refractivity contribution in [2.24, 2.45) is 0 Å². The highest BCUT2D eigenvalue weighted by atomic mass is 16.5. The average molecular weight is 522 g/mol. The van der Waals surface area contributed by atoms with Gasteiger partial charge in [0.15, 0.2) is 0 Å². The number of benzene rings is 2. The van der Waals surface area contributed by atoms with Gasteiger partial charge in [0.25, 0.3) is 11.8 Å². The fourth-order valence-electron chi connectivity index (χ4n) is 4.03. The van der Waals surface area contributed by atoms with Crippen LogP contribution in [0.15, 0.2) is 48.7 Å². The summed E-state index contributed by atoms with van der Waals surface area (Å²) in [6.07, 6.45) is 9.62. The summed E-state index contributed by atoms with van der Waals surface area (Å²) in [4.78, 5) is 25.3. The maximum absolute atomic E-state index is 12.7. The number of hydrazine groups is 1. The van der Waals surface area contributed by atoms with E-state index < -0.39 is 5.91 Å². The molecule has 2 aromatic carbocycles. The molecule has 0 spiro atoms. The Morgan fingerprint density at radius 2 is 1.63 bits per heavy atom. The van der Waals surface area contributed by atoms with Gasteiger partial charge in [-0.3, -0.25) is 20.4 Å². The third-order valence-electron chi connectivity index (χ3n) is 6.07. The van der Waals surface area contributed by atoms with Gasteiger partial charge in [0.1, 0.15) is 5.75 Å². The lowest BCUT2D eigenvalue weighted by Crippen LogP contribution is -2.41. The molecule has 0 bridgehead atoms. The zero-order valence-electron chi connectivity index (χ0n) is 23.7. The molecule has 0 radical (unpaired) electrons. The number of amides is 2. The highest BCUT2D eigenvalue weighted by Crippen LogP contribution is 2.25. The van der Waals surface area contributed by atoms with Crippen molar-refractivity contribution < 1.29 is 14.3 Å². The Balaban J connectivity index is 0.00000121. The standard InChI is InChI=1S/C26H31N5O3.2C2H6/c1-3-4-7-20-17-31(30-27-20)21-13-11-19(12-14-21)25(32)28-29-26(33)24-16-23(15-10-18(24)2)34-22-8-5-6-9-22;2*1-2/h10-17,22H,3-9H2,1-2H3,(H,28,32)(H,29,33);2*1-2H3. The monoisotopic (exact) mass is 521 g/mol. The predicted molar refractivity (Wildman–Crippen MR) is 152 cm³/mol. The Morgan fingerprint density at radius 1 is 0.974 bits per heavy atom. The van der Waals surface area contributed by atoms with Crippen molar-refractivity contribution in [1.29, 1.82) is 0 Å². The second-order valence-electron chi connectivity index (χ2n) is 8.71. The number of nitrogens with zero attached hydrogens (tertiary/aromatic N) is 3. The van der Waals surface area contributed by atoms with Gasteiger partial charge < -0.3 is 4.74 Å². The van der Waals surface area contributed by atoms with Crippen molar-refractivity contribution in [1.82, 2.24) is 25.8 Å². The smallest absolute Gasteiger partial charge is 0.270 e. The van der Waals surface area contributed by atoms with Gasteiger partial charge in [-0.1, -0.05) is 52.3 Å². The Bertz CT molecular complexity index is 1140. The van der Waals surface area contributed by atoms with Crippen molar-refractivity contribution in [3.05, 3.63) is 71.0 Å². The van der Waals surface area contributed by atoms with E-state index in [9.17, 15) is 9.59 Å². The molecule has 2 amide bonds. The molecule has 0 aliphatic heterocycles. The number of hydrogen-bond acceptors (Lipinski definition) is 5. The van der Waals surface area contributed by atoms with E-state index >= 15 is 0 Å². The van der Waals surface area contributed by atoms with Gasteiger partial charge in [0, 0.05) is 11.1 Å². The minimum Gasteiger partial charge on any atom is -0.490 e. The van der Waals surface area contributed by atoms with Gasteiger partial charge in [-0.25, -0.2) is 4.68 Å². The summed E-state index contributed by atoms with van der Waals surface area (Å²) in [5.41, 5.74) is 8.45. The third kappa shape index (κ3) is 8.71. The van der Waals surface area contributed by atoms with Crippen molar-refractivity contribution >= 4 is 11.8 Å². The first-order valence-electron chi connectivity index (χ1n) is 13.9. The van der Waals surface area contributed by atoms with Crippen LogP contribution in [0.25, 0.3) is 5.69 Å². The normalized spacial score (nSPS) is 12.5. The Labute approximate surface area is 227 Å². The second kappa shape index (κ2) is 16.2. The fourth-order valence-corrected chi connectivity index (χ4v) is 4.03. The number of nitrogens with one attached hydrogen (secondary N) is 2. The molecular formula is C30H43N5O3. The van der Waals surface area contributed by atoms with Gasteiger partial charge in [-0.15, -0.1) is 5.10 Å². The first-order chi connectivity index (χ1) is 18.5. The molecule has 206 valence electrons. The topological polar surface area (TPSA) is 98.1 Å². The van der Waals surface area contributed by atoms with Crippen molar-refractivity contribution in [3.8, 4) is 11.4 Å². The van der Waals surface area contributed by atoms with Crippen LogP contribution in [0, 0.1) is 6.92 Å². The van der Waals surface area contributed by atoms with Gasteiger partial charge >= 0.3 is 0 Å². The summed E-state index contributed by atoms with van der Waals surface area (Å²) in [5.74, 6) is -0.116. The lowest BCUT2D eigenvalue weighted by Gasteiger charge is -2.15. The van der Waals surface area contributed by atoms with Gasteiger partial charge in [-0.05, 0) is 87.4 Å². The van der Waals surface area contributed by atoms with Crippen LogP contribution >= 0.6 is 0 Å². The molecule has 0 atom stereocenters. The molecule has 8 heteroatoms. The molecule has 8 nitrogen and oxygen atoms in total. The van der Waals surface area contributed by atoms with E-state index in [0.717, 1.165) is 49.0 Å². The molecule has 1 heterocycles. The molecule has 4 rings (SSSR count). The lowest BCUT2D eigenvalue weighted by atomic mass is 10.1. The molecule has 0 saturated heterocycles. The van der Waals surface area contributed by atoms with Crippen LogP contribution in [0.4, 0.5) is 0 Å². The molecule has 1 aliphatic rings. The van der Waals surface area contributed by atoms with Crippen LogP contribution in [-0.2, 0) is 6.42 Å². The molecule has 3 aromatic rings. The Morgan fingerprint density at radius 3 is 2.29 bits per heavy atom. The van der Waals surface area contributed by atoms with Crippen LogP contribution < -0.4 is 15.6 Å². The van der Waals surface area contributed by atoms with Crippen molar-refractivity contribution in [2.75, 3.05) is 0 Å². The molecule has 38 heavy (non-hydrogen) atoms. The summed E-state index contributed by atoms with van der Waals surface area (Å²) >= 11 is 0. The molecule has 1 saturated carbocycles. The predicted octanol–water partition coefficient (Wildman–Crippen LogP) is 6.37. The van der Waals surface area contributed by atoms with E-state index in [1.165, 1.54) is 12.8 Å². The zero-order valence-corrected chi connectivity index (χ0v) is 23.7. The summed E-state index contributed by atoms with van der Waals surface area (Å²) < 4.78 is 7.70. The third-order valence-corrected chi connectivity index (χ3v) is 6.07. The van der Waals surface area contributed by atoms with E-state index in [-0.39, 0.29) is 12.0 Å². The SMILES string of the molecule is CC.CC.CCCCc1cn(-c2ccc(C(=O)NNC(=O)c3cc(OC4CCCC4)ccc3C)cc2)nn1. The lowest BCUT2D eigenvalue weighted by molar-refractivity contribution is 0.0846. The fraction of sp³-hybridized carbons (Fsp3) is 0.467. The van der Waals surface area contributed by atoms with Crippen LogP contribution in [0.5, 0.6) is 5.75 Å². The van der Waals surface area contributed by atoms with Gasteiger partial charge in [-0.2, -0.15) is 0 Å². The highest BCUT2D eigenvalue weighted by Gasteiger charge is 2.18. The summed E-state index contributed by atoms with van der Waals surface area (Å²) in [6, 6.07) is 12.4. The highest BCUT2D eigenvalue weighted by molar-refractivity contribution is 6.00. The number of unbranched alkanes of at least 4 members (excludes halogenated alkanes) is 1. The molecule has 0 unspecified atom stereocenters. The first-order valence-corrected chi connectivity index (χ1v) is 13.9. The van der Waals surface area contributed by atoms with Crippen molar-refractivity contribution in [2.45, 2.75) is 92.6 Å². The molecule has 2 N–H and O–H groups in total. The zero-order chi connectivity index (χ0) is 27.9. The number of carbonyl (C=O) groups is 2. The van der Waals surface area contributed by atoms with Crippen LogP contribution in [0.1, 0.15) is 105 Å². The number of aromatic nitrogens is 3. The molecule has 1 aromatic heterocycles. The number of ether oxygens (including phenoxy) is 1. The average Bonchev–Trinajstić information content (AvgIpc) is 3.66. The number of hydrogen-bond donors (Lipinski definition) is 2. The quantitative estimate of drug-likeness (QED) is 0.336. The van der Waals surface area contributed by atoms with E-state index in [4.69, 9.17) is 4.74 Å². The van der Waals surface area contributed by atoms with E-state index in [2.05, 4.69) is 28.1 Å². The molecule has 1 aliphatic carbocycles. The maximum atomic E-state index is 12.7. The van der Waals surface area contributed by atoms with Crippen molar-refractivity contribution in [3.63, 3.8) is 0 Å². The molecular weight excluding hydrogens is 478 g/mol. The number of aryl methyl sites for hydroxylation is 2. The molecule has 1 fully saturated rings. The summed E-state index contributed by atoms with van der Waals surface area (Å²) in [6.45, 7) is 12.0. The Hall–Kier alpha value is -3.68. The van der Waals surface area contributed by atoms with Crippen LogP contribution in [0.2, 0.25) is 0 Å². The van der Waals surface area contributed by atoms with E-state index in [1.54, 1.807) is 35.0 Å². The van der Waals surface area contributed by atoms with Crippen LogP contribution in [0.3, 0.4) is 0 Å². The second-order valence-corrected chi connectivity index (χ2v) is 8.71. The summed E-state index contributed by atoms with van der Waals surface area (Å²) in [7, 11) is 0. The summed E-state index contributed by atoms with van der Waals surface area (Å²) in [5, 5.41) is 8.34. The first kappa shape index (κ1) is 30.5. The maximum Gasteiger partial charge on any atom is 0.270 e.